The number of sulfone groups is 1. The Kier molecular flexibility index (Phi) is 5.59. The molecule has 1 N–H and O–H groups in total. The van der Waals surface area contributed by atoms with Gasteiger partial charge in [0.2, 0.25) is 5.91 Å². The molecule has 0 aromatic carbocycles. The van der Waals surface area contributed by atoms with Gasteiger partial charge in [-0.3, -0.25) is 4.79 Å². The van der Waals surface area contributed by atoms with Crippen LogP contribution in [-0.4, -0.2) is 37.8 Å². The van der Waals surface area contributed by atoms with Crippen LogP contribution in [0.3, 0.4) is 0 Å². The first-order chi connectivity index (χ1) is 6.72. The van der Waals surface area contributed by atoms with Crippen LogP contribution in [0.5, 0.6) is 0 Å². The van der Waals surface area contributed by atoms with E-state index in [0.29, 0.717) is 12.3 Å². The van der Waals surface area contributed by atoms with E-state index in [1.54, 1.807) is 0 Å². The van der Waals surface area contributed by atoms with E-state index < -0.39 is 27.0 Å². The second-order valence-electron chi connectivity index (χ2n) is 3.97. The molecule has 0 spiro atoms. The number of halogens is 1. The van der Waals surface area contributed by atoms with Crippen molar-refractivity contribution in [3.8, 4) is 0 Å². The summed E-state index contributed by atoms with van der Waals surface area (Å²) in [4.78, 5) is 11.4. The molecule has 0 aliphatic heterocycles. The summed E-state index contributed by atoms with van der Waals surface area (Å²) >= 11 is 5.61. The van der Waals surface area contributed by atoms with Crippen LogP contribution in [0, 0.1) is 0 Å². The van der Waals surface area contributed by atoms with Gasteiger partial charge in [-0.05, 0) is 19.8 Å². The molecular weight excluding hydrogens is 238 g/mol. The van der Waals surface area contributed by atoms with Gasteiger partial charge in [-0.15, -0.1) is 11.6 Å². The van der Waals surface area contributed by atoms with Gasteiger partial charge in [-0.2, -0.15) is 0 Å². The van der Waals surface area contributed by atoms with Crippen molar-refractivity contribution in [3.05, 3.63) is 0 Å². The van der Waals surface area contributed by atoms with Crippen LogP contribution in [0.15, 0.2) is 0 Å². The van der Waals surface area contributed by atoms with E-state index >= 15 is 0 Å². The molecule has 0 radical (unpaired) electrons. The molecule has 15 heavy (non-hydrogen) atoms. The fraction of sp³-hybridized carbons (Fsp3) is 0.889. The largest absolute Gasteiger partial charge is 0.350 e. The molecule has 0 bridgehead atoms. The Labute approximate surface area is 96.3 Å². The quantitative estimate of drug-likeness (QED) is 0.719. The van der Waals surface area contributed by atoms with Gasteiger partial charge >= 0.3 is 0 Å². The lowest BCUT2D eigenvalue weighted by Gasteiger charge is -2.28. The number of carbonyl (C=O) groups is 1. The molecule has 0 aliphatic rings. The zero-order valence-electron chi connectivity index (χ0n) is 9.34. The Hall–Kier alpha value is -0.290. The van der Waals surface area contributed by atoms with Crippen molar-refractivity contribution in [2.45, 2.75) is 32.2 Å². The van der Waals surface area contributed by atoms with Crippen LogP contribution in [0.4, 0.5) is 0 Å². The minimum atomic E-state index is -3.26. The smallest absolute Gasteiger partial charge is 0.235 e. The lowest BCUT2D eigenvalue weighted by Crippen LogP contribution is -2.47. The first-order valence-electron chi connectivity index (χ1n) is 4.77. The molecule has 1 unspecified atom stereocenters. The minimum absolute atomic E-state index is 0.413. The highest BCUT2D eigenvalue weighted by Crippen LogP contribution is 2.14. The molecule has 0 aliphatic carbocycles. The number of carbonyl (C=O) groups excluding carboxylic acids is 1. The number of rotatable bonds is 6. The molecule has 0 heterocycles. The zero-order valence-corrected chi connectivity index (χ0v) is 10.9. The molecule has 0 aromatic heterocycles. The van der Waals surface area contributed by atoms with E-state index in [4.69, 9.17) is 11.6 Å². The number of hydrogen-bond donors (Lipinski definition) is 1. The second-order valence-corrected chi connectivity index (χ2v) is 6.49. The van der Waals surface area contributed by atoms with Gasteiger partial charge in [-0.25, -0.2) is 8.42 Å². The van der Waals surface area contributed by atoms with E-state index in [9.17, 15) is 13.2 Å². The molecule has 0 saturated heterocycles. The van der Waals surface area contributed by atoms with E-state index in [0.717, 1.165) is 12.7 Å². The molecule has 6 heteroatoms. The van der Waals surface area contributed by atoms with Crippen molar-refractivity contribution in [3.63, 3.8) is 0 Å². The summed E-state index contributed by atoms with van der Waals surface area (Å²) in [6.45, 7) is 3.78. The summed E-state index contributed by atoms with van der Waals surface area (Å²) in [7, 11) is -3.26. The number of nitrogens with one attached hydrogen (secondary N) is 1. The second kappa shape index (κ2) is 5.70. The van der Waals surface area contributed by atoms with E-state index in [-0.39, 0.29) is 0 Å². The van der Waals surface area contributed by atoms with Gasteiger partial charge in [-0.1, -0.05) is 6.92 Å². The Morgan fingerprint density at radius 1 is 1.47 bits per heavy atom. The van der Waals surface area contributed by atoms with Crippen LogP contribution in [0.25, 0.3) is 0 Å². The molecule has 0 fully saturated rings. The summed E-state index contributed by atoms with van der Waals surface area (Å²) in [5.41, 5.74) is -0.413. The van der Waals surface area contributed by atoms with Crippen molar-refractivity contribution in [2.75, 3.05) is 17.9 Å². The van der Waals surface area contributed by atoms with Crippen molar-refractivity contribution in [1.82, 2.24) is 5.32 Å². The molecule has 0 aromatic rings. The van der Waals surface area contributed by atoms with Gasteiger partial charge in [0.05, 0.1) is 0 Å². The number of amides is 1. The highest BCUT2D eigenvalue weighted by Gasteiger charge is 2.24. The molecule has 4 nitrogen and oxygen atoms in total. The SMILES string of the molecule is CCC(C)(CCCl)NC(=O)CS(C)(=O)=O. The fourth-order valence-corrected chi connectivity index (χ4v) is 2.11. The maximum absolute atomic E-state index is 11.4. The normalized spacial score (nSPS) is 15.7. The summed E-state index contributed by atoms with van der Waals surface area (Å²) in [6, 6.07) is 0. The Balaban J connectivity index is 4.37. The van der Waals surface area contributed by atoms with E-state index in [1.807, 2.05) is 13.8 Å². The first kappa shape index (κ1) is 14.7. The topological polar surface area (TPSA) is 63.2 Å². The van der Waals surface area contributed by atoms with Gasteiger partial charge in [0.25, 0.3) is 0 Å². The van der Waals surface area contributed by atoms with Crippen LogP contribution in [-0.2, 0) is 14.6 Å². The zero-order chi connectivity index (χ0) is 12.1. The van der Waals surface area contributed by atoms with Crippen LogP contribution in [0.1, 0.15) is 26.7 Å². The predicted octanol–water partition coefficient (Wildman–Crippen LogP) is 0.945. The third kappa shape index (κ3) is 6.73. The fourth-order valence-electron chi connectivity index (χ4n) is 1.15. The van der Waals surface area contributed by atoms with Crippen LogP contribution in [0.2, 0.25) is 0 Å². The van der Waals surface area contributed by atoms with Gasteiger partial charge < -0.3 is 5.32 Å². The van der Waals surface area contributed by atoms with E-state index in [2.05, 4.69) is 5.32 Å². The van der Waals surface area contributed by atoms with Crippen molar-refractivity contribution < 1.29 is 13.2 Å². The monoisotopic (exact) mass is 255 g/mol. The van der Waals surface area contributed by atoms with Gasteiger partial charge in [0.15, 0.2) is 9.84 Å². The van der Waals surface area contributed by atoms with Crippen LogP contribution < -0.4 is 5.32 Å². The van der Waals surface area contributed by atoms with Gasteiger partial charge in [0, 0.05) is 17.7 Å². The van der Waals surface area contributed by atoms with Crippen LogP contribution >= 0.6 is 11.6 Å². The lowest BCUT2D eigenvalue weighted by atomic mass is 9.95. The number of alkyl halides is 1. The summed E-state index contributed by atoms with van der Waals surface area (Å²) in [5.74, 6) is -0.499. The standard InChI is InChI=1S/C9H18ClNO3S/c1-4-9(2,5-6-10)11-8(12)7-15(3,13)14/h4-7H2,1-3H3,(H,11,12). The average Bonchev–Trinajstić information content (AvgIpc) is 2.00. The summed E-state index contributed by atoms with van der Waals surface area (Å²) in [5, 5.41) is 2.70. The summed E-state index contributed by atoms with van der Waals surface area (Å²) in [6.07, 6.45) is 2.38. The highest BCUT2D eigenvalue weighted by molar-refractivity contribution is 7.91. The third-order valence-electron chi connectivity index (χ3n) is 2.26. The Bertz CT molecular complexity index is 315. The molecule has 0 rings (SSSR count). The van der Waals surface area contributed by atoms with E-state index in [1.165, 1.54) is 0 Å². The predicted molar refractivity (Wildman–Crippen MR) is 61.9 cm³/mol. The first-order valence-corrected chi connectivity index (χ1v) is 7.36. The Morgan fingerprint density at radius 3 is 2.33 bits per heavy atom. The van der Waals surface area contributed by atoms with Gasteiger partial charge in [0.1, 0.15) is 5.75 Å². The van der Waals surface area contributed by atoms with Crippen molar-refractivity contribution in [1.29, 1.82) is 0 Å². The summed E-state index contributed by atoms with van der Waals surface area (Å²) < 4.78 is 21.8. The molecule has 0 saturated carbocycles. The number of hydrogen-bond acceptors (Lipinski definition) is 3. The third-order valence-corrected chi connectivity index (χ3v) is 3.24. The minimum Gasteiger partial charge on any atom is -0.350 e. The Morgan fingerprint density at radius 2 is 2.00 bits per heavy atom. The molecule has 1 atom stereocenters. The molecule has 90 valence electrons. The maximum atomic E-state index is 11.4. The molecule has 1 amide bonds. The van der Waals surface area contributed by atoms with Crippen molar-refractivity contribution in [2.24, 2.45) is 0 Å². The lowest BCUT2D eigenvalue weighted by molar-refractivity contribution is -0.120. The van der Waals surface area contributed by atoms with Crippen molar-refractivity contribution >= 4 is 27.3 Å². The average molecular weight is 256 g/mol. The highest BCUT2D eigenvalue weighted by atomic mass is 35.5. The molecular formula is C9H18ClNO3S. The maximum Gasteiger partial charge on any atom is 0.235 e.